The summed E-state index contributed by atoms with van der Waals surface area (Å²) in [6.45, 7) is 2.00. The van der Waals surface area contributed by atoms with Crippen molar-refractivity contribution in [3.8, 4) is 0 Å². The molecule has 0 heterocycles. The highest BCUT2D eigenvalue weighted by molar-refractivity contribution is 6.31. The summed E-state index contributed by atoms with van der Waals surface area (Å²) >= 11 is 6.06. The molecule has 0 radical (unpaired) electrons. The van der Waals surface area contributed by atoms with E-state index in [0.29, 0.717) is 5.92 Å². The lowest BCUT2D eigenvalue weighted by atomic mass is 9.95. The van der Waals surface area contributed by atoms with Crippen LogP contribution in [0, 0.1) is 6.92 Å². The van der Waals surface area contributed by atoms with Crippen molar-refractivity contribution in [3.05, 3.63) is 34.3 Å². The van der Waals surface area contributed by atoms with Gasteiger partial charge in [-0.2, -0.15) is 0 Å². The first-order chi connectivity index (χ1) is 6.68. The maximum atomic E-state index is 9.76. The van der Waals surface area contributed by atoms with E-state index in [9.17, 15) is 5.11 Å². The molecule has 1 N–H and O–H groups in total. The van der Waals surface area contributed by atoms with Gasteiger partial charge in [0.15, 0.2) is 0 Å². The fourth-order valence-electron chi connectivity index (χ4n) is 2.17. The van der Waals surface area contributed by atoms with Gasteiger partial charge in [-0.05, 0) is 37.0 Å². The fourth-order valence-corrected chi connectivity index (χ4v) is 2.36. The van der Waals surface area contributed by atoms with Crippen molar-refractivity contribution in [2.45, 2.75) is 38.2 Å². The van der Waals surface area contributed by atoms with Crippen LogP contribution in [0.4, 0.5) is 0 Å². The minimum absolute atomic E-state index is 0.172. The van der Waals surface area contributed by atoms with Crippen LogP contribution in [-0.4, -0.2) is 11.2 Å². The molecule has 0 amide bonds. The van der Waals surface area contributed by atoms with Gasteiger partial charge in [-0.25, -0.2) is 0 Å². The van der Waals surface area contributed by atoms with Gasteiger partial charge in [0.25, 0.3) is 0 Å². The second kappa shape index (κ2) is 3.92. The van der Waals surface area contributed by atoms with Crippen LogP contribution in [0.1, 0.15) is 36.3 Å². The van der Waals surface area contributed by atoms with Crippen LogP contribution in [0.2, 0.25) is 5.02 Å². The molecule has 0 aliphatic heterocycles. The molecule has 1 aromatic rings. The van der Waals surface area contributed by atoms with Crippen molar-refractivity contribution in [3.63, 3.8) is 0 Å². The molecule has 1 fully saturated rings. The van der Waals surface area contributed by atoms with Gasteiger partial charge in [0.1, 0.15) is 0 Å². The van der Waals surface area contributed by atoms with Gasteiger partial charge in [0.2, 0.25) is 0 Å². The second-order valence-electron chi connectivity index (χ2n) is 4.11. The number of hydrogen-bond donors (Lipinski definition) is 1. The third-order valence-corrected chi connectivity index (χ3v) is 3.51. The standard InChI is InChI=1S/C12H15ClO/c1-8-5-6-9(7-11(8)13)10-3-2-4-12(10)14/h5-7,10,12,14H,2-4H2,1H3/t10-,12+/m0/s1. The van der Waals surface area contributed by atoms with Crippen molar-refractivity contribution in [2.24, 2.45) is 0 Å². The zero-order chi connectivity index (χ0) is 10.1. The van der Waals surface area contributed by atoms with Crippen LogP contribution in [0.3, 0.4) is 0 Å². The number of rotatable bonds is 1. The normalized spacial score (nSPS) is 26.8. The van der Waals surface area contributed by atoms with Gasteiger partial charge in [-0.1, -0.05) is 30.2 Å². The number of aliphatic hydroxyl groups is 1. The van der Waals surface area contributed by atoms with Gasteiger partial charge < -0.3 is 5.11 Å². The van der Waals surface area contributed by atoms with Gasteiger partial charge in [0, 0.05) is 10.9 Å². The van der Waals surface area contributed by atoms with Gasteiger partial charge >= 0.3 is 0 Å². The van der Waals surface area contributed by atoms with E-state index in [4.69, 9.17) is 11.6 Å². The lowest BCUT2D eigenvalue weighted by molar-refractivity contribution is 0.164. The van der Waals surface area contributed by atoms with Crippen molar-refractivity contribution < 1.29 is 5.11 Å². The molecule has 0 unspecified atom stereocenters. The molecule has 1 saturated carbocycles. The van der Waals surface area contributed by atoms with E-state index in [0.717, 1.165) is 29.8 Å². The largest absolute Gasteiger partial charge is 0.392 e. The summed E-state index contributed by atoms with van der Waals surface area (Å²) < 4.78 is 0. The van der Waals surface area contributed by atoms with Crippen LogP contribution in [-0.2, 0) is 0 Å². The minimum atomic E-state index is -0.172. The first-order valence-corrected chi connectivity index (χ1v) is 5.50. The number of aryl methyl sites for hydroxylation is 1. The Morgan fingerprint density at radius 1 is 1.36 bits per heavy atom. The Hall–Kier alpha value is -0.530. The number of aliphatic hydroxyl groups excluding tert-OH is 1. The molecule has 2 rings (SSSR count). The average Bonchev–Trinajstić information content (AvgIpc) is 2.57. The van der Waals surface area contributed by atoms with E-state index in [-0.39, 0.29) is 6.10 Å². The maximum absolute atomic E-state index is 9.76. The van der Waals surface area contributed by atoms with Crippen molar-refractivity contribution in [1.82, 2.24) is 0 Å². The van der Waals surface area contributed by atoms with Crippen molar-refractivity contribution in [1.29, 1.82) is 0 Å². The Bertz CT molecular complexity index is 335. The molecule has 0 saturated heterocycles. The zero-order valence-electron chi connectivity index (χ0n) is 8.33. The average molecular weight is 211 g/mol. The van der Waals surface area contributed by atoms with E-state index < -0.39 is 0 Å². The Morgan fingerprint density at radius 3 is 2.71 bits per heavy atom. The summed E-state index contributed by atoms with van der Waals surface area (Å²) in [5.74, 6) is 0.299. The third-order valence-electron chi connectivity index (χ3n) is 3.10. The molecular weight excluding hydrogens is 196 g/mol. The van der Waals surface area contributed by atoms with E-state index in [1.54, 1.807) is 0 Å². The molecule has 0 aromatic heterocycles. The predicted octanol–water partition coefficient (Wildman–Crippen LogP) is 3.28. The highest BCUT2D eigenvalue weighted by Crippen LogP contribution is 2.35. The third kappa shape index (κ3) is 1.79. The topological polar surface area (TPSA) is 20.2 Å². The number of benzene rings is 1. The smallest absolute Gasteiger partial charge is 0.0608 e. The van der Waals surface area contributed by atoms with Crippen LogP contribution in [0.5, 0.6) is 0 Å². The molecule has 2 heteroatoms. The van der Waals surface area contributed by atoms with Crippen LogP contribution in [0.15, 0.2) is 18.2 Å². The van der Waals surface area contributed by atoms with E-state index in [1.165, 1.54) is 5.56 Å². The second-order valence-corrected chi connectivity index (χ2v) is 4.52. The van der Waals surface area contributed by atoms with Crippen LogP contribution < -0.4 is 0 Å². The van der Waals surface area contributed by atoms with Crippen LogP contribution >= 0.6 is 11.6 Å². The quantitative estimate of drug-likeness (QED) is 0.755. The van der Waals surface area contributed by atoms with Gasteiger partial charge in [0.05, 0.1) is 6.10 Å². The summed E-state index contributed by atoms with van der Waals surface area (Å²) in [6, 6.07) is 6.11. The zero-order valence-corrected chi connectivity index (χ0v) is 9.09. The Morgan fingerprint density at radius 2 is 2.14 bits per heavy atom. The van der Waals surface area contributed by atoms with Gasteiger partial charge in [-0.3, -0.25) is 0 Å². The Labute approximate surface area is 89.7 Å². The maximum Gasteiger partial charge on any atom is 0.0608 e. The van der Waals surface area contributed by atoms with Gasteiger partial charge in [-0.15, -0.1) is 0 Å². The SMILES string of the molecule is Cc1ccc([C@@H]2CCC[C@H]2O)cc1Cl. The molecular formula is C12H15ClO. The number of halogens is 1. The highest BCUT2D eigenvalue weighted by Gasteiger charge is 2.26. The molecule has 76 valence electrons. The molecule has 14 heavy (non-hydrogen) atoms. The van der Waals surface area contributed by atoms with E-state index in [1.807, 2.05) is 19.1 Å². The molecule has 0 bridgehead atoms. The van der Waals surface area contributed by atoms with E-state index in [2.05, 4.69) is 6.07 Å². The fraction of sp³-hybridized carbons (Fsp3) is 0.500. The van der Waals surface area contributed by atoms with Crippen LogP contribution in [0.25, 0.3) is 0 Å². The summed E-state index contributed by atoms with van der Waals surface area (Å²) in [6.07, 6.45) is 2.96. The molecule has 2 atom stereocenters. The van der Waals surface area contributed by atoms with E-state index >= 15 is 0 Å². The monoisotopic (exact) mass is 210 g/mol. The number of hydrogen-bond acceptors (Lipinski definition) is 1. The first-order valence-electron chi connectivity index (χ1n) is 5.12. The molecule has 1 aliphatic rings. The summed E-state index contributed by atoms with van der Waals surface area (Å²) in [5.41, 5.74) is 2.29. The molecule has 1 aliphatic carbocycles. The molecule has 0 spiro atoms. The predicted molar refractivity (Wildman–Crippen MR) is 58.8 cm³/mol. The lowest BCUT2D eigenvalue weighted by Crippen LogP contribution is -2.10. The van der Waals surface area contributed by atoms with Crippen molar-refractivity contribution >= 4 is 11.6 Å². The Kier molecular flexibility index (Phi) is 2.80. The summed E-state index contributed by atoms with van der Waals surface area (Å²) in [7, 11) is 0. The van der Waals surface area contributed by atoms with Crippen molar-refractivity contribution in [2.75, 3.05) is 0 Å². The lowest BCUT2D eigenvalue weighted by Gasteiger charge is -2.15. The summed E-state index contributed by atoms with van der Waals surface area (Å²) in [5, 5.41) is 10.6. The highest BCUT2D eigenvalue weighted by atomic mass is 35.5. The summed E-state index contributed by atoms with van der Waals surface area (Å²) in [4.78, 5) is 0. The molecule has 1 nitrogen and oxygen atoms in total. The first kappa shape index (κ1) is 10.0. The molecule has 1 aromatic carbocycles. The Balaban J connectivity index is 2.28. The minimum Gasteiger partial charge on any atom is -0.392 e.